The molecule has 2 rings (SSSR count). The van der Waals surface area contributed by atoms with Gasteiger partial charge in [0.15, 0.2) is 0 Å². The first-order valence-corrected chi connectivity index (χ1v) is 5.47. The Morgan fingerprint density at radius 2 is 2.35 bits per heavy atom. The highest BCUT2D eigenvalue weighted by molar-refractivity contribution is 5.85. The number of aliphatic hydroxyl groups is 1. The fraction of sp³-hybridized carbons (Fsp3) is 0.545. The number of ether oxygens (including phenoxy) is 1. The van der Waals surface area contributed by atoms with Crippen LogP contribution in [0, 0.1) is 6.92 Å². The Hall–Kier alpha value is -1.69. The predicted molar refractivity (Wildman–Crippen MR) is 60.9 cm³/mol. The molecule has 0 bridgehead atoms. The van der Waals surface area contributed by atoms with Crippen LogP contribution in [0.15, 0.2) is 6.07 Å². The summed E-state index contributed by atoms with van der Waals surface area (Å²) in [5, 5.41) is 9.48. The lowest BCUT2D eigenvalue weighted by Crippen LogP contribution is -2.23. The Morgan fingerprint density at radius 3 is 2.94 bits per heavy atom. The zero-order valence-corrected chi connectivity index (χ0v) is 9.88. The summed E-state index contributed by atoms with van der Waals surface area (Å²) in [5.74, 6) is 0.174. The van der Waals surface area contributed by atoms with E-state index in [1.807, 2.05) is 4.90 Å². The van der Waals surface area contributed by atoms with E-state index in [4.69, 9.17) is 0 Å². The van der Waals surface area contributed by atoms with Crippen molar-refractivity contribution in [2.45, 2.75) is 19.4 Å². The molecule has 0 radical (unpaired) electrons. The molecule has 1 aromatic rings. The Morgan fingerprint density at radius 1 is 1.59 bits per heavy atom. The molecular weight excluding hydrogens is 222 g/mol. The highest BCUT2D eigenvalue weighted by Gasteiger charge is 2.23. The molecule has 1 aliphatic rings. The van der Waals surface area contributed by atoms with Gasteiger partial charge in [0.25, 0.3) is 0 Å². The number of methoxy groups -OCH3 is 1. The number of carbonyl (C=O) groups excluding carboxylic acids is 1. The lowest BCUT2D eigenvalue weighted by atomic mass is 10.3. The van der Waals surface area contributed by atoms with Gasteiger partial charge in [0.1, 0.15) is 5.82 Å². The third kappa shape index (κ3) is 2.52. The maximum absolute atomic E-state index is 11.4. The highest BCUT2D eigenvalue weighted by Crippen LogP contribution is 2.19. The smallest absolute Gasteiger partial charge is 0.376 e. The number of β-amino-alcohol motifs (C(OH)–C–C–N with tert-alkyl or cyclic N) is 1. The molecule has 1 atom stereocenters. The van der Waals surface area contributed by atoms with E-state index < -0.39 is 5.97 Å². The average molecular weight is 237 g/mol. The SMILES string of the molecule is COC(=O)c1nc(C)cc(N2CC[C@H](O)C2)n1. The van der Waals surface area contributed by atoms with Gasteiger partial charge in [-0.25, -0.2) is 14.8 Å². The van der Waals surface area contributed by atoms with Crippen LogP contribution in [0.4, 0.5) is 5.82 Å². The molecule has 1 aromatic heterocycles. The summed E-state index contributed by atoms with van der Waals surface area (Å²) in [7, 11) is 1.30. The summed E-state index contributed by atoms with van der Waals surface area (Å²) >= 11 is 0. The van der Waals surface area contributed by atoms with E-state index in [1.54, 1.807) is 13.0 Å². The molecule has 1 fully saturated rings. The summed E-state index contributed by atoms with van der Waals surface area (Å²) < 4.78 is 4.60. The zero-order chi connectivity index (χ0) is 12.4. The van der Waals surface area contributed by atoms with Crippen LogP contribution >= 0.6 is 0 Å². The number of hydrogen-bond donors (Lipinski definition) is 1. The quantitative estimate of drug-likeness (QED) is 0.737. The second-order valence-corrected chi connectivity index (χ2v) is 4.07. The van der Waals surface area contributed by atoms with E-state index in [2.05, 4.69) is 14.7 Å². The lowest BCUT2D eigenvalue weighted by Gasteiger charge is -2.17. The summed E-state index contributed by atoms with van der Waals surface area (Å²) in [6.45, 7) is 3.07. The number of nitrogens with zero attached hydrogens (tertiary/aromatic N) is 3. The third-order valence-electron chi connectivity index (χ3n) is 2.70. The molecule has 0 spiro atoms. The first kappa shape index (κ1) is 11.8. The number of anilines is 1. The van der Waals surface area contributed by atoms with E-state index in [-0.39, 0.29) is 11.9 Å². The molecule has 0 amide bonds. The third-order valence-corrected chi connectivity index (χ3v) is 2.70. The summed E-state index contributed by atoms with van der Waals surface area (Å²) in [5.41, 5.74) is 0.705. The molecule has 6 nitrogen and oxygen atoms in total. The van der Waals surface area contributed by atoms with Crippen molar-refractivity contribution in [3.63, 3.8) is 0 Å². The topological polar surface area (TPSA) is 75.5 Å². The van der Waals surface area contributed by atoms with Gasteiger partial charge in [0.05, 0.1) is 13.2 Å². The minimum absolute atomic E-state index is 0.0592. The van der Waals surface area contributed by atoms with Crippen molar-refractivity contribution in [3.05, 3.63) is 17.6 Å². The molecule has 1 N–H and O–H groups in total. The zero-order valence-electron chi connectivity index (χ0n) is 9.88. The fourth-order valence-electron chi connectivity index (χ4n) is 1.85. The minimum Gasteiger partial charge on any atom is -0.463 e. The van der Waals surface area contributed by atoms with Crippen LogP contribution in [-0.2, 0) is 4.74 Å². The number of esters is 1. The van der Waals surface area contributed by atoms with Gasteiger partial charge in [0, 0.05) is 24.8 Å². The first-order valence-electron chi connectivity index (χ1n) is 5.47. The monoisotopic (exact) mass is 237 g/mol. The molecule has 1 saturated heterocycles. The van der Waals surface area contributed by atoms with Gasteiger partial charge in [-0.3, -0.25) is 0 Å². The second-order valence-electron chi connectivity index (χ2n) is 4.07. The number of rotatable bonds is 2. The molecule has 0 unspecified atom stereocenters. The molecule has 6 heteroatoms. The van der Waals surface area contributed by atoms with Crippen LogP contribution in [0.2, 0.25) is 0 Å². The molecule has 0 saturated carbocycles. The largest absolute Gasteiger partial charge is 0.463 e. The molecule has 92 valence electrons. The average Bonchev–Trinajstić information content (AvgIpc) is 2.74. The van der Waals surface area contributed by atoms with Gasteiger partial charge in [-0.15, -0.1) is 0 Å². The molecule has 0 aliphatic carbocycles. The maximum atomic E-state index is 11.4. The number of carbonyl (C=O) groups is 1. The van der Waals surface area contributed by atoms with Crippen molar-refractivity contribution in [1.29, 1.82) is 0 Å². The number of aliphatic hydroxyl groups excluding tert-OH is 1. The van der Waals surface area contributed by atoms with Crippen LogP contribution in [0.1, 0.15) is 22.7 Å². The van der Waals surface area contributed by atoms with E-state index in [9.17, 15) is 9.90 Å². The van der Waals surface area contributed by atoms with Crippen molar-refractivity contribution in [2.75, 3.05) is 25.1 Å². The molecule has 17 heavy (non-hydrogen) atoms. The highest BCUT2D eigenvalue weighted by atomic mass is 16.5. The Kier molecular flexibility index (Phi) is 3.23. The van der Waals surface area contributed by atoms with Crippen molar-refractivity contribution in [3.8, 4) is 0 Å². The maximum Gasteiger partial charge on any atom is 0.376 e. The van der Waals surface area contributed by atoms with Crippen molar-refractivity contribution < 1.29 is 14.6 Å². The molecule has 1 aliphatic heterocycles. The Bertz CT molecular complexity index is 436. The van der Waals surface area contributed by atoms with Gasteiger partial charge in [-0.2, -0.15) is 0 Å². The summed E-state index contributed by atoms with van der Waals surface area (Å²) in [6, 6.07) is 1.80. The lowest BCUT2D eigenvalue weighted by molar-refractivity contribution is 0.0586. The molecular formula is C11H15N3O3. The van der Waals surface area contributed by atoms with Crippen LogP contribution in [0.3, 0.4) is 0 Å². The van der Waals surface area contributed by atoms with Crippen LogP contribution in [0.5, 0.6) is 0 Å². The Labute approximate surface area is 99.2 Å². The Balaban J connectivity index is 2.28. The van der Waals surface area contributed by atoms with E-state index >= 15 is 0 Å². The van der Waals surface area contributed by atoms with E-state index in [1.165, 1.54) is 7.11 Å². The normalized spacial score (nSPS) is 19.5. The van der Waals surface area contributed by atoms with E-state index in [0.29, 0.717) is 18.1 Å². The van der Waals surface area contributed by atoms with Gasteiger partial charge in [-0.05, 0) is 13.3 Å². The standard InChI is InChI=1S/C11H15N3O3/c1-7-5-9(14-4-3-8(15)6-14)13-10(12-7)11(16)17-2/h5,8,15H,3-4,6H2,1-2H3/t8-/m0/s1. The predicted octanol–water partition coefficient (Wildman–Crippen LogP) is 0.143. The van der Waals surface area contributed by atoms with Gasteiger partial charge in [-0.1, -0.05) is 0 Å². The van der Waals surface area contributed by atoms with Crippen molar-refractivity contribution >= 4 is 11.8 Å². The summed E-state index contributed by atoms with van der Waals surface area (Å²) in [6.07, 6.45) is 0.392. The van der Waals surface area contributed by atoms with Gasteiger partial charge < -0.3 is 14.7 Å². The van der Waals surface area contributed by atoms with Crippen molar-refractivity contribution in [2.24, 2.45) is 0 Å². The van der Waals surface area contributed by atoms with Crippen LogP contribution in [0.25, 0.3) is 0 Å². The van der Waals surface area contributed by atoms with Gasteiger partial charge in [0.2, 0.25) is 5.82 Å². The second kappa shape index (κ2) is 4.67. The minimum atomic E-state index is -0.547. The number of aryl methyl sites for hydroxylation is 1. The van der Waals surface area contributed by atoms with E-state index in [0.717, 1.165) is 13.0 Å². The first-order chi connectivity index (χ1) is 8.10. The number of hydrogen-bond acceptors (Lipinski definition) is 6. The summed E-state index contributed by atoms with van der Waals surface area (Å²) in [4.78, 5) is 21.5. The molecule has 2 heterocycles. The van der Waals surface area contributed by atoms with Crippen molar-refractivity contribution in [1.82, 2.24) is 9.97 Å². The van der Waals surface area contributed by atoms with Gasteiger partial charge >= 0.3 is 5.97 Å². The van der Waals surface area contributed by atoms with Crippen LogP contribution < -0.4 is 4.90 Å². The van der Waals surface area contributed by atoms with Crippen LogP contribution in [-0.4, -0.2) is 47.3 Å². The molecule has 0 aromatic carbocycles. The number of aromatic nitrogens is 2. The fourth-order valence-corrected chi connectivity index (χ4v) is 1.85.